The molecule has 3 heteroatoms. The number of ether oxygens (including phenoxy) is 1. The Morgan fingerprint density at radius 1 is 1.47 bits per heavy atom. The lowest BCUT2D eigenvalue weighted by Crippen LogP contribution is -2.40. The zero-order valence-corrected chi connectivity index (χ0v) is 10.7. The van der Waals surface area contributed by atoms with E-state index in [4.69, 9.17) is 4.74 Å². The summed E-state index contributed by atoms with van der Waals surface area (Å²) in [6.45, 7) is 4.80. The van der Waals surface area contributed by atoms with Crippen molar-refractivity contribution in [1.29, 1.82) is 0 Å². The van der Waals surface area contributed by atoms with Crippen molar-refractivity contribution in [3.63, 3.8) is 0 Å². The highest BCUT2D eigenvalue weighted by Crippen LogP contribution is 2.38. The highest BCUT2D eigenvalue weighted by Gasteiger charge is 2.39. The molecule has 17 heavy (non-hydrogen) atoms. The van der Waals surface area contributed by atoms with E-state index in [0.717, 1.165) is 25.0 Å². The fourth-order valence-corrected chi connectivity index (χ4v) is 2.70. The number of nitrogens with one attached hydrogen (secondary N) is 1. The van der Waals surface area contributed by atoms with Crippen LogP contribution in [-0.2, 0) is 4.74 Å². The van der Waals surface area contributed by atoms with Crippen LogP contribution in [-0.4, -0.2) is 19.3 Å². The average molecular weight is 237 g/mol. The van der Waals surface area contributed by atoms with Crippen LogP contribution in [0.3, 0.4) is 0 Å². The zero-order valence-electron chi connectivity index (χ0n) is 10.7. The summed E-state index contributed by atoms with van der Waals surface area (Å²) in [6.07, 6.45) is 2.01. The van der Waals surface area contributed by atoms with Crippen LogP contribution in [0.5, 0.6) is 0 Å². The number of hydrogen-bond acceptors (Lipinski definition) is 2. The van der Waals surface area contributed by atoms with Crippen LogP contribution in [0.15, 0.2) is 18.2 Å². The molecule has 0 saturated carbocycles. The summed E-state index contributed by atoms with van der Waals surface area (Å²) in [5, 5.41) is 3.20. The van der Waals surface area contributed by atoms with Crippen molar-refractivity contribution in [2.24, 2.45) is 0 Å². The van der Waals surface area contributed by atoms with Crippen LogP contribution in [0, 0.1) is 12.7 Å². The molecule has 0 aromatic heterocycles. The Labute approximate surface area is 102 Å². The zero-order chi connectivity index (χ0) is 12.5. The summed E-state index contributed by atoms with van der Waals surface area (Å²) in [7, 11) is 1.86. The van der Waals surface area contributed by atoms with Gasteiger partial charge in [0, 0.05) is 12.2 Å². The second-order valence-electron chi connectivity index (χ2n) is 5.01. The molecule has 1 heterocycles. The third-order valence-electron chi connectivity index (χ3n) is 3.61. The average Bonchev–Trinajstić information content (AvgIpc) is 2.72. The van der Waals surface area contributed by atoms with Crippen LogP contribution in [0.2, 0.25) is 0 Å². The summed E-state index contributed by atoms with van der Waals surface area (Å²) in [6, 6.07) is 5.14. The van der Waals surface area contributed by atoms with Gasteiger partial charge in [-0.05, 0) is 39.8 Å². The number of benzene rings is 1. The second-order valence-corrected chi connectivity index (χ2v) is 5.01. The van der Waals surface area contributed by atoms with E-state index in [1.807, 2.05) is 20.0 Å². The Hall–Kier alpha value is -0.930. The highest BCUT2D eigenvalue weighted by atomic mass is 19.1. The summed E-state index contributed by atoms with van der Waals surface area (Å²) in [5.74, 6) is -0.160. The van der Waals surface area contributed by atoms with Gasteiger partial charge in [-0.3, -0.25) is 0 Å². The van der Waals surface area contributed by atoms with E-state index in [2.05, 4.69) is 12.2 Å². The first-order valence-corrected chi connectivity index (χ1v) is 6.14. The fraction of sp³-hybridized carbons (Fsp3) is 0.571. The lowest BCUT2D eigenvalue weighted by atomic mass is 9.87. The van der Waals surface area contributed by atoms with Gasteiger partial charge in [0.2, 0.25) is 0 Å². The molecular formula is C14H20FNO. The maximum Gasteiger partial charge on any atom is 0.128 e. The predicted octanol–water partition coefficient (Wildman–Crippen LogP) is 2.96. The second kappa shape index (κ2) is 4.75. The van der Waals surface area contributed by atoms with Crippen molar-refractivity contribution in [3.8, 4) is 0 Å². The van der Waals surface area contributed by atoms with E-state index in [1.54, 1.807) is 6.07 Å². The minimum absolute atomic E-state index is 0.0927. The molecule has 0 amide bonds. The van der Waals surface area contributed by atoms with Crippen LogP contribution in [0.4, 0.5) is 4.39 Å². The molecule has 0 bridgehead atoms. The van der Waals surface area contributed by atoms with Gasteiger partial charge in [0.25, 0.3) is 0 Å². The largest absolute Gasteiger partial charge is 0.373 e. The van der Waals surface area contributed by atoms with Gasteiger partial charge in [-0.15, -0.1) is 0 Å². The molecule has 2 unspecified atom stereocenters. The molecule has 1 aliphatic rings. The summed E-state index contributed by atoms with van der Waals surface area (Å²) in [5.41, 5.74) is 1.48. The van der Waals surface area contributed by atoms with Crippen molar-refractivity contribution >= 4 is 0 Å². The van der Waals surface area contributed by atoms with Gasteiger partial charge in [0.1, 0.15) is 5.82 Å². The van der Waals surface area contributed by atoms with Gasteiger partial charge >= 0.3 is 0 Å². The van der Waals surface area contributed by atoms with Gasteiger partial charge in [-0.25, -0.2) is 4.39 Å². The fourth-order valence-electron chi connectivity index (χ4n) is 2.70. The predicted molar refractivity (Wildman–Crippen MR) is 66.5 cm³/mol. The smallest absolute Gasteiger partial charge is 0.128 e. The molecule has 0 radical (unpaired) electrons. The van der Waals surface area contributed by atoms with Crippen molar-refractivity contribution < 1.29 is 9.13 Å². The maximum absolute atomic E-state index is 13.9. The number of rotatable bonds is 3. The van der Waals surface area contributed by atoms with Crippen LogP contribution in [0.25, 0.3) is 0 Å². The van der Waals surface area contributed by atoms with Gasteiger partial charge in [0.15, 0.2) is 0 Å². The van der Waals surface area contributed by atoms with Crippen LogP contribution >= 0.6 is 0 Å². The standard InChI is InChI=1S/C14H20FNO/c1-10-5-6-12(15)11(9-10)13(16-3)14(2)7-4-8-17-14/h5-6,9,13,16H,4,7-8H2,1-3H3. The molecule has 1 aromatic carbocycles. The van der Waals surface area contributed by atoms with Crippen molar-refractivity contribution in [2.75, 3.05) is 13.7 Å². The minimum atomic E-state index is -0.302. The van der Waals surface area contributed by atoms with E-state index < -0.39 is 0 Å². The molecular weight excluding hydrogens is 217 g/mol. The van der Waals surface area contributed by atoms with Gasteiger partial charge in [-0.2, -0.15) is 0 Å². The normalized spacial score (nSPS) is 26.1. The molecule has 0 spiro atoms. The minimum Gasteiger partial charge on any atom is -0.373 e. The van der Waals surface area contributed by atoms with E-state index in [-0.39, 0.29) is 17.5 Å². The Bertz CT molecular complexity index is 399. The molecule has 2 nitrogen and oxygen atoms in total. The highest BCUT2D eigenvalue weighted by molar-refractivity contribution is 5.29. The molecule has 2 rings (SSSR count). The van der Waals surface area contributed by atoms with Crippen LogP contribution in [0.1, 0.15) is 36.9 Å². The Kier molecular flexibility index (Phi) is 3.50. The Balaban J connectivity index is 2.37. The number of likely N-dealkylation sites (N-methyl/N-ethyl adjacent to an activating group) is 1. The third kappa shape index (κ3) is 2.35. The van der Waals surface area contributed by atoms with Gasteiger partial charge in [0.05, 0.1) is 11.6 Å². The van der Waals surface area contributed by atoms with Crippen molar-refractivity contribution in [2.45, 2.75) is 38.3 Å². The monoisotopic (exact) mass is 237 g/mol. The van der Waals surface area contributed by atoms with E-state index >= 15 is 0 Å². The number of aryl methyl sites for hydroxylation is 1. The molecule has 1 N–H and O–H groups in total. The first-order valence-electron chi connectivity index (χ1n) is 6.14. The van der Waals surface area contributed by atoms with Gasteiger partial charge in [-0.1, -0.05) is 17.7 Å². The number of halogens is 1. The van der Waals surface area contributed by atoms with E-state index in [0.29, 0.717) is 5.56 Å². The molecule has 0 aliphatic carbocycles. The molecule has 1 saturated heterocycles. The quantitative estimate of drug-likeness (QED) is 0.872. The molecule has 94 valence electrons. The summed E-state index contributed by atoms with van der Waals surface area (Å²) >= 11 is 0. The summed E-state index contributed by atoms with van der Waals surface area (Å²) < 4.78 is 19.7. The molecule has 1 aromatic rings. The van der Waals surface area contributed by atoms with E-state index in [1.165, 1.54) is 6.07 Å². The summed E-state index contributed by atoms with van der Waals surface area (Å²) in [4.78, 5) is 0. The maximum atomic E-state index is 13.9. The lowest BCUT2D eigenvalue weighted by molar-refractivity contribution is -0.0113. The first-order chi connectivity index (χ1) is 8.07. The van der Waals surface area contributed by atoms with Crippen molar-refractivity contribution in [1.82, 2.24) is 5.32 Å². The molecule has 2 atom stereocenters. The number of hydrogen-bond donors (Lipinski definition) is 1. The lowest BCUT2D eigenvalue weighted by Gasteiger charge is -2.33. The topological polar surface area (TPSA) is 21.3 Å². The third-order valence-corrected chi connectivity index (χ3v) is 3.61. The van der Waals surface area contributed by atoms with Crippen LogP contribution < -0.4 is 5.32 Å². The SMILES string of the molecule is CNC(c1cc(C)ccc1F)C1(C)CCCO1. The van der Waals surface area contributed by atoms with Crippen molar-refractivity contribution in [3.05, 3.63) is 35.1 Å². The Morgan fingerprint density at radius 3 is 2.82 bits per heavy atom. The van der Waals surface area contributed by atoms with Gasteiger partial charge < -0.3 is 10.1 Å². The molecule has 1 aliphatic heterocycles. The Morgan fingerprint density at radius 2 is 2.24 bits per heavy atom. The molecule has 1 fully saturated rings. The first kappa shape index (κ1) is 12.5. The van der Waals surface area contributed by atoms with E-state index in [9.17, 15) is 4.39 Å².